The van der Waals surface area contributed by atoms with Crippen molar-refractivity contribution in [1.29, 1.82) is 0 Å². The van der Waals surface area contributed by atoms with Crippen molar-refractivity contribution in [3.05, 3.63) is 46.2 Å². The normalized spacial score (nSPS) is 10.7. The van der Waals surface area contributed by atoms with E-state index >= 15 is 0 Å². The first-order chi connectivity index (χ1) is 9.10. The van der Waals surface area contributed by atoms with Gasteiger partial charge < -0.3 is 9.84 Å². The smallest absolute Gasteiger partial charge is 0.387 e. The van der Waals surface area contributed by atoms with Gasteiger partial charge in [0.2, 0.25) is 0 Å². The number of ether oxygens (including phenoxy) is 1. The first-order valence-electron chi connectivity index (χ1n) is 5.35. The van der Waals surface area contributed by atoms with Gasteiger partial charge in [-0.1, -0.05) is 0 Å². The maximum Gasteiger partial charge on any atom is 0.387 e. The lowest BCUT2D eigenvalue weighted by atomic mass is 10.1. The molecule has 0 fully saturated rings. The van der Waals surface area contributed by atoms with Gasteiger partial charge in [0.25, 0.3) is 5.56 Å². The fraction of sp³-hybridized carbons (Fsp3) is 0.167. The lowest BCUT2D eigenvalue weighted by Crippen LogP contribution is -2.06. The van der Waals surface area contributed by atoms with Crippen LogP contribution in [0.4, 0.5) is 8.78 Å². The Kier molecular flexibility index (Phi) is 3.86. The second-order valence-electron chi connectivity index (χ2n) is 3.67. The number of nitrogens with zero attached hydrogens (tertiary/aromatic N) is 1. The van der Waals surface area contributed by atoms with Crippen LogP contribution in [0.1, 0.15) is 5.56 Å². The van der Waals surface area contributed by atoms with Crippen LogP contribution in [0.25, 0.3) is 11.3 Å². The summed E-state index contributed by atoms with van der Waals surface area (Å²) in [5, 5.41) is 15.2. The summed E-state index contributed by atoms with van der Waals surface area (Å²) in [6.45, 7) is -3.40. The molecule has 0 atom stereocenters. The van der Waals surface area contributed by atoms with Crippen molar-refractivity contribution in [1.82, 2.24) is 10.2 Å². The highest BCUT2D eigenvalue weighted by molar-refractivity contribution is 5.61. The zero-order valence-corrected chi connectivity index (χ0v) is 9.64. The third-order valence-electron chi connectivity index (χ3n) is 2.42. The van der Waals surface area contributed by atoms with Crippen molar-refractivity contribution in [2.45, 2.75) is 13.2 Å². The number of hydrogen-bond acceptors (Lipinski definition) is 4. The molecule has 0 bridgehead atoms. The van der Waals surface area contributed by atoms with E-state index in [9.17, 15) is 13.6 Å². The number of aliphatic hydroxyl groups excluding tert-OH is 1. The standard InChI is InChI=1S/C12H10F2N2O3/c13-12(14)19-10-3-1-7(5-8(10)6-17)9-2-4-11(18)16-15-9/h1-5,12,17H,6H2,(H,16,18). The molecule has 7 heteroatoms. The number of benzene rings is 1. The number of hydrogen-bond donors (Lipinski definition) is 2. The van der Waals surface area contributed by atoms with Gasteiger partial charge in [-0.2, -0.15) is 13.9 Å². The van der Waals surface area contributed by atoms with Crippen molar-refractivity contribution in [2.24, 2.45) is 0 Å². The van der Waals surface area contributed by atoms with Crippen LogP contribution < -0.4 is 10.3 Å². The van der Waals surface area contributed by atoms with Gasteiger partial charge in [-0.15, -0.1) is 0 Å². The minimum absolute atomic E-state index is 0.0920. The molecule has 0 saturated heterocycles. The number of H-pyrrole nitrogens is 1. The average Bonchev–Trinajstić information content (AvgIpc) is 2.39. The van der Waals surface area contributed by atoms with Gasteiger partial charge in [0.05, 0.1) is 12.3 Å². The van der Waals surface area contributed by atoms with Crippen LogP contribution in [0.5, 0.6) is 5.75 Å². The van der Waals surface area contributed by atoms with Crippen molar-refractivity contribution in [2.75, 3.05) is 0 Å². The van der Waals surface area contributed by atoms with E-state index < -0.39 is 13.2 Å². The van der Waals surface area contributed by atoms with Crippen molar-refractivity contribution in [3.63, 3.8) is 0 Å². The zero-order valence-electron chi connectivity index (χ0n) is 9.64. The lowest BCUT2D eigenvalue weighted by molar-refractivity contribution is -0.0509. The summed E-state index contributed by atoms with van der Waals surface area (Å²) < 4.78 is 28.6. The van der Waals surface area contributed by atoms with Gasteiger partial charge in [0.15, 0.2) is 0 Å². The Bertz CT molecular complexity index is 608. The van der Waals surface area contributed by atoms with E-state index in [1.54, 1.807) is 0 Å². The number of aromatic amines is 1. The van der Waals surface area contributed by atoms with Crippen molar-refractivity contribution in [3.8, 4) is 17.0 Å². The van der Waals surface area contributed by atoms with E-state index in [1.807, 2.05) is 0 Å². The second kappa shape index (κ2) is 5.57. The number of rotatable bonds is 4. The predicted octanol–water partition coefficient (Wildman–Crippen LogP) is 1.53. The zero-order chi connectivity index (χ0) is 13.8. The number of halogens is 2. The highest BCUT2D eigenvalue weighted by atomic mass is 19.3. The molecule has 0 amide bonds. The topological polar surface area (TPSA) is 75.2 Å². The van der Waals surface area contributed by atoms with Crippen LogP contribution >= 0.6 is 0 Å². The number of nitrogens with one attached hydrogen (secondary N) is 1. The van der Waals surface area contributed by atoms with Crippen LogP contribution in [0.2, 0.25) is 0 Å². The van der Waals surface area contributed by atoms with Gasteiger partial charge in [0.1, 0.15) is 5.75 Å². The molecule has 0 saturated carbocycles. The number of aromatic nitrogens is 2. The van der Waals surface area contributed by atoms with Crippen molar-refractivity contribution >= 4 is 0 Å². The first-order valence-corrected chi connectivity index (χ1v) is 5.35. The third-order valence-corrected chi connectivity index (χ3v) is 2.42. The molecule has 1 heterocycles. The number of aliphatic hydroxyl groups is 1. The molecule has 0 aliphatic carbocycles. The maximum atomic E-state index is 12.1. The SMILES string of the molecule is O=c1ccc(-c2ccc(OC(F)F)c(CO)c2)n[nH]1. The molecule has 0 aliphatic rings. The predicted molar refractivity (Wildman–Crippen MR) is 62.8 cm³/mol. The molecule has 0 unspecified atom stereocenters. The van der Waals surface area contributed by atoms with Crippen LogP contribution in [-0.2, 0) is 6.61 Å². The van der Waals surface area contributed by atoms with Crippen molar-refractivity contribution < 1.29 is 18.6 Å². The van der Waals surface area contributed by atoms with Crippen LogP contribution in [0, 0.1) is 0 Å². The quantitative estimate of drug-likeness (QED) is 0.881. The Balaban J connectivity index is 2.38. The molecule has 2 N–H and O–H groups in total. The van der Waals surface area contributed by atoms with E-state index in [-0.39, 0.29) is 16.9 Å². The molecule has 0 spiro atoms. The highest BCUT2D eigenvalue weighted by Gasteiger charge is 2.11. The summed E-state index contributed by atoms with van der Waals surface area (Å²) in [6, 6.07) is 7.09. The Labute approximate surface area is 106 Å². The molecule has 2 rings (SSSR count). The Hall–Kier alpha value is -2.28. The molecule has 1 aromatic heterocycles. The van der Waals surface area contributed by atoms with Gasteiger partial charge in [0, 0.05) is 17.2 Å². The minimum atomic E-state index is -2.96. The fourth-order valence-corrected chi connectivity index (χ4v) is 1.58. The van der Waals surface area contributed by atoms with E-state index in [1.165, 1.54) is 30.3 Å². The van der Waals surface area contributed by atoms with Crippen LogP contribution in [0.15, 0.2) is 35.1 Å². The lowest BCUT2D eigenvalue weighted by Gasteiger charge is -2.10. The minimum Gasteiger partial charge on any atom is -0.434 e. The van der Waals surface area contributed by atoms with Gasteiger partial charge >= 0.3 is 6.61 Å². The van der Waals surface area contributed by atoms with E-state index in [0.717, 1.165) is 0 Å². The summed E-state index contributed by atoms with van der Waals surface area (Å²) in [5.41, 5.74) is 0.898. The molecule has 1 aromatic carbocycles. The molecule has 2 aromatic rings. The summed E-state index contributed by atoms with van der Waals surface area (Å²) in [6.07, 6.45) is 0. The molecule has 100 valence electrons. The van der Waals surface area contributed by atoms with E-state index in [4.69, 9.17) is 5.11 Å². The molecular formula is C12H10F2N2O3. The van der Waals surface area contributed by atoms with Gasteiger partial charge in [-0.05, 0) is 24.3 Å². The van der Waals surface area contributed by atoms with Gasteiger partial charge in [-0.25, -0.2) is 5.10 Å². The monoisotopic (exact) mass is 268 g/mol. The summed E-state index contributed by atoms with van der Waals surface area (Å²) in [7, 11) is 0. The summed E-state index contributed by atoms with van der Waals surface area (Å²) in [4.78, 5) is 10.9. The molecule has 0 aliphatic heterocycles. The summed E-state index contributed by atoms with van der Waals surface area (Å²) >= 11 is 0. The molecule has 19 heavy (non-hydrogen) atoms. The maximum absolute atomic E-state index is 12.1. The molecular weight excluding hydrogens is 258 g/mol. The molecule has 0 radical (unpaired) electrons. The fourth-order valence-electron chi connectivity index (χ4n) is 1.58. The average molecular weight is 268 g/mol. The second-order valence-corrected chi connectivity index (χ2v) is 3.67. The Morgan fingerprint density at radius 2 is 2.11 bits per heavy atom. The summed E-state index contributed by atoms with van der Waals surface area (Å²) in [5.74, 6) is -0.0920. The van der Waals surface area contributed by atoms with E-state index in [0.29, 0.717) is 11.3 Å². The molecule has 5 nitrogen and oxygen atoms in total. The van der Waals surface area contributed by atoms with E-state index in [2.05, 4.69) is 14.9 Å². The third kappa shape index (κ3) is 3.14. The Morgan fingerprint density at radius 3 is 2.68 bits per heavy atom. The Morgan fingerprint density at radius 1 is 1.32 bits per heavy atom. The highest BCUT2D eigenvalue weighted by Crippen LogP contribution is 2.26. The van der Waals surface area contributed by atoms with Crippen LogP contribution in [0.3, 0.4) is 0 Å². The first kappa shape index (κ1) is 13.2. The van der Waals surface area contributed by atoms with Crippen LogP contribution in [-0.4, -0.2) is 21.9 Å². The number of alkyl halides is 2. The van der Waals surface area contributed by atoms with Gasteiger partial charge in [-0.3, -0.25) is 4.79 Å². The largest absolute Gasteiger partial charge is 0.434 e.